The van der Waals surface area contributed by atoms with Crippen LogP contribution < -0.4 is 10.1 Å². The second-order valence-corrected chi connectivity index (χ2v) is 4.22. The molecule has 0 spiro atoms. The fourth-order valence-electron chi connectivity index (χ4n) is 1.62. The van der Waals surface area contributed by atoms with Crippen LogP contribution in [0.15, 0.2) is 42.5 Å². The van der Waals surface area contributed by atoms with Gasteiger partial charge in [-0.25, -0.2) is 4.39 Å². The summed E-state index contributed by atoms with van der Waals surface area (Å²) < 4.78 is 18.6. The summed E-state index contributed by atoms with van der Waals surface area (Å²) in [5.41, 5.74) is 0.354. The minimum Gasteiger partial charge on any atom is -0.496 e. The smallest absolute Gasteiger partial charge is 0.259 e. The summed E-state index contributed by atoms with van der Waals surface area (Å²) in [4.78, 5) is 12.1. The third-order valence-electron chi connectivity index (χ3n) is 2.53. The minimum absolute atomic E-state index is 0.0309. The first-order chi connectivity index (χ1) is 9.11. The first kappa shape index (κ1) is 13.4. The van der Waals surface area contributed by atoms with E-state index in [-0.39, 0.29) is 5.69 Å². The van der Waals surface area contributed by atoms with Crippen molar-refractivity contribution in [3.8, 4) is 5.75 Å². The lowest BCUT2D eigenvalue weighted by atomic mass is 10.2. The predicted molar refractivity (Wildman–Crippen MR) is 72.4 cm³/mol. The number of anilines is 1. The van der Waals surface area contributed by atoms with Crippen LogP contribution in [0.2, 0.25) is 5.02 Å². The molecule has 0 radical (unpaired) electrons. The van der Waals surface area contributed by atoms with Crippen molar-refractivity contribution in [2.75, 3.05) is 12.4 Å². The number of benzene rings is 2. The Morgan fingerprint density at radius 1 is 1.26 bits per heavy atom. The molecule has 0 atom stereocenters. The molecule has 0 aromatic heterocycles. The Bertz CT molecular complexity index is 616. The largest absolute Gasteiger partial charge is 0.496 e. The van der Waals surface area contributed by atoms with E-state index in [0.717, 1.165) is 0 Å². The van der Waals surface area contributed by atoms with E-state index >= 15 is 0 Å². The van der Waals surface area contributed by atoms with Crippen molar-refractivity contribution in [2.24, 2.45) is 0 Å². The van der Waals surface area contributed by atoms with Crippen LogP contribution in [0, 0.1) is 5.82 Å². The van der Waals surface area contributed by atoms with Gasteiger partial charge in [-0.05, 0) is 30.3 Å². The van der Waals surface area contributed by atoms with Gasteiger partial charge in [0.25, 0.3) is 5.91 Å². The molecule has 0 aliphatic rings. The number of halogens is 2. The van der Waals surface area contributed by atoms with Crippen molar-refractivity contribution >= 4 is 23.2 Å². The maximum atomic E-state index is 13.5. The normalized spacial score (nSPS) is 10.1. The third-order valence-corrected chi connectivity index (χ3v) is 2.76. The number of hydrogen-bond acceptors (Lipinski definition) is 2. The molecule has 3 nitrogen and oxygen atoms in total. The summed E-state index contributed by atoms with van der Waals surface area (Å²) in [7, 11) is 1.46. The van der Waals surface area contributed by atoms with E-state index in [9.17, 15) is 9.18 Å². The second kappa shape index (κ2) is 5.71. The van der Waals surface area contributed by atoms with Gasteiger partial charge < -0.3 is 10.1 Å². The quantitative estimate of drug-likeness (QED) is 0.929. The molecule has 0 bridgehead atoms. The number of carbonyl (C=O) groups excluding carboxylic acids is 1. The van der Waals surface area contributed by atoms with Crippen LogP contribution in [-0.2, 0) is 0 Å². The molecule has 19 heavy (non-hydrogen) atoms. The highest BCUT2D eigenvalue weighted by atomic mass is 35.5. The van der Waals surface area contributed by atoms with Crippen LogP contribution in [0.1, 0.15) is 10.4 Å². The van der Waals surface area contributed by atoms with Gasteiger partial charge in [0.15, 0.2) is 0 Å². The lowest BCUT2D eigenvalue weighted by Gasteiger charge is -2.09. The first-order valence-corrected chi connectivity index (χ1v) is 5.89. The van der Waals surface area contributed by atoms with Gasteiger partial charge in [-0.15, -0.1) is 0 Å². The molecule has 98 valence electrons. The van der Waals surface area contributed by atoms with Crippen molar-refractivity contribution in [3.63, 3.8) is 0 Å². The molecule has 2 aromatic rings. The minimum atomic E-state index is -0.548. The fraction of sp³-hybridized carbons (Fsp3) is 0.0714. The van der Waals surface area contributed by atoms with Gasteiger partial charge in [-0.3, -0.25) is 4.79 Å². The van der Waals surface area contributed by atoms with Crippen molar-refractivity contribution in [1.82, 2.24) is 0 Å². The number of methoxy groups -OCH3 is 1. The van der Waals surface area contributed by atoms with Crippen LogP contribution in [-0.4, -0.2) is 13.0 Å². The van der Waals surface area contributed by atoms with E-state index in [1.165, 1.54) is 25.3 Å². The fourth-order valence-corrected chi connectivity index (χ4v) is 1.79. The van der Waals surface area contributed by atoms with Crippen LogP contribution in [0.3, 0.4) is 0 Å². The Kier molecular flexibility index (Phi) is 4.02. The average Bonchev–Trinajstić information content (AvgIpc) is 2.42. The van der Waals surface area contributed by atoms with E-state index in [2.05, 4.69) is 5.32 Å². The van der Waals surface area contributed by atoms with Crippen LogP contribution in [0.5, 0.6) is 5.75 Å². The molecular weight excluding hydrogens is 269 g/mol. The van der Waals surface area contributed by atoms with Crippen LogP contribution >= 0.6 is 11.6 Å². The molecule has 2 rings (SSSR count). The topological polar surface area (TPSA) is 38.3 Å². The van der Waals surface area contributed by atoms with E-state index in [1.807, 2.05) is 0 Å². The van der Waals surface area contributed by atoms with Crippen molar-refractivity contribution in [1.29, 1.82) is 0 Å². The zero-order chi connectivity index (χ0) is 13.8. The van der Waals surface area contributed by atoms with Crippen molar-refractivity contribution in [3.05, 3.63) is 58.9 Å². The highest BCUT2D eigenvalue weighted by Crippen LogP contribution is 2.22. The first-order valence-electron chi connectivity index (χ1n) is 5.51. The zero-order valence-electron chi connectivity index (χ0n) is 10.1. The molecule has 1 N–H and O–H groups in total. The van der Waals surface area contributed by atoms with Gasteiger partial charge in [0.05, 0.1) is 18.4 Å². The number of carbonyl (C=O) groups is 1. The molecule has 0 unspecified atom stereocenters. The number of nitrogens with one attached hydrogen (secondary N) is 1. The summed E-state index contributed by atoms with van der Waals surface area (Å²) in [6.07, 6.45) is 0. The molecule has 1 amide bonds. The maximum absolute atomic E-state index is 13.5. The number of ether oxygens (including phenoxy) is 1. The molecule has 0 aliphatic carbocycles. The Hall–Kier alpha value is -2.07. The number of amides is 1. The van der Waals surface area contributed by atoms with E-state index in [0.29, 0.717) is 16.3 Å². The molecule has 0 fully saturated rings. The standard InChI is InChI=1S/C14H11ClFNO2/c1-19-13-5-3-2-4-10(13)14(18)17-12-8-9(15)6-7-11(12)16/h2-8H,1H3,(H,17,18). The molecular formula is C14H11ClFNO2. The number of hydrogen-bond donors (Lipinski definition) is 1. The van der Waals surface area contributed by atoms with Gasteiger partial charge in [0.1, 0.15) is 11.6 Å². The Morgan fingerprint density at radius 3 is 2.74 bits per heavy atom. The van der Waals surface area contributed by atoms with Gasteiger partial charge in [-0.1, -0.05) is 23.7 Å². The molecule has 0 aliphatic heterocycles. The molecule has 0 heterocycles. The summed E-state index contributed by atoms with van der Waals surface area (Å²) in [6, 6.07) is 10.7. The highest BCUT2D eigenvalue weighted by molar-refractivity contribution is 6.31. The molecule has 2 aromatic carbocycles. The van der Waals surface area contributed by atoms with E-state index in [1.54, 1.807) is 24.3 Å². The number of para-hydroxylation sites is 1. The van der Waals surface area contributed by atoms with Crippen LogP contribution in [0.4, 0.5) is 10.1 Å². The SMILES string of the molecule is COc1ccccc1C(=O)Nc1cc(Cl)ccc1F. The Balaban J connectivity index is 2.28. The number of rotatable bonds is 3. The third kappa shape index (κ3) is 3.03. The van der Waals surface area contributed by atoms with E-state index in [4.69, 9.17) is 16.3 Å². The molecule has 5 heteroatoms. The molecule has 0 saturated carbocycles. The summed E-state index contributed by atoms with van der Waals surface area (Å²) in [5.74, 6) is -0.589. The lowest BCUT2D eigenvalue weighted by molar-refractivity contribution is 0.102. The Morgan fingerprint density at radius 2 is 2.00 bits per heavy atom. The van der Waals surface area contributed by atoms with Gasteiger partial charge >= 0.3 is 0 Å². The summed E-state index contributed by atoms with van der Waals surface area (Å²) in [6.45, 7) is 0. The van der Waals surface area contributed by atoms with Crippen molar-refractivity contribution in [2.45, 2.75) is 0 Å². The molecule has 0 saturated heterocycles. The van der Waals surface area contributed by atoms with Gasteiger partial charge in [-0.2, -0.15) is 0 Å². The van der Waals surface area contributed by atoms with Gasteiger partial charge in [0, 0.05) is 5.02 Å². The van der Waals surface area contributed by atoms with Crippen molar-refractivity contribution < 1.29 is 13.9 Å². The summed E-state index contributed by atoms with van der Waals surface area (Å²) in [5, 5.41) is 2.81. The zero-order valence-corrected chi connectivity index (χ0v) is 10.9. The Labute approximate surface area is 115 Å². The monoisotopic (exact) mass is 279 g/mol. The lowest BCUT2D eigenvalue weighted by Crippen LogP contribution is -2.14. The predicted octanol–water partition coefficient (Wildman–Crippen LogP) is 3.74. The van der Waals surface area contributed by atoms with Crippen LogP contribution in [0.25, 0.3) is 0 Å². The highest BCUT2D eigenvalue weighted by Gasteiger charge is 2.13. The summed E-state index contributed by atoms with van der Waals surface area (Å²) >= 11 is 5.76. The average molecular weight is 280 g/mol. The second-order valence-electron chi connectivity index (χ2n) is 3.78. The van der Waals surface area contributed by atoms with E-state index < -0.39 is 11.7 Å². The van der Waals surface area contributed by atoms with Gasteiger partial charge in [0.2, 0.25) is 0 Å². The maximum Gasteiger partial charge on any atom is 0.259 e.